The number of carbonyl (C=O) groups excluding carboxylic acids is 2. The minimum absolute atomic E-state index is 0.107. The van der Waals surface area contributed by atoms with Crippen LogP contribution in [-0.2, 0) is 9.53 Å². The molecule has 1 aliphatic rings. The van der Waals surface area contributed by atoms with Gasteiger partial charge in [0, 0.05) is 26.1 Å². The van der Waals surface area contributed by atoms with Gasteiger partial charge in [-0.25, -0.2) is 4.79 Å². The average molecular weight is 270 g/mol. The minimum Gasteiger partial charge on any atom is -0.419 e. The van der Waals surface area contributed by atoms with Crippen LogP contribution >= 0.6 is 0 Å². The summed E-state index contributed by atoms with van der Waals surface area (Å²) in [4.78, 5) is 24.3. The zero-order chi connectivity index (χ0) is 14.1. The number of rotatable bonds is 7. The van der Waals surface area contributed by atoms with Crippen molar-refractivity contribution >= 4 is 12.0 Å². The second-order valence-corrected chi connectivity index (χ2v) is 4.59. The highest BCUT2D eigenvalue weighted by Crippen LogP contribution is 2.11. The van der Waals surface area contributed by atoms with Crippen molar-refractivity contribution in [2.75, 3.05) is 19.6 Å². The van der Waals surface area contributed by atoms with Crippen molar-refractivity contribution in [1.29, 1.82) is 0 Å². The van der Waals surface area contributed by atoms with Crippen molar-refractivity contribution < 1.29 is 19.4 Å². The topological polar surface area (TPSA) is 78.9 Å². The predicted molar refractivity (Wildman–Crippen MR) is 70.4 cm³/mol. The molecule has 0 saturated carbocycles. The lowest BCUT2D eigenvalue weighted by molar-refractivity contribution is -0.130. The zero-order valence-corrected chi connectivity index (χ0v) is 11.1. The molecule has 1 heterocycles. The number of alkyl carbamates (subject to hydrolysis) is 1. The van der Waals surface area contributed by atoms with E-state index in [0.29, 0.717) is 32.5 Å². The number of likely N-dealkylation sites (tertiary alicyclic amines) is 1. The van der Waals surface area contributed by atoms with E-state index in [1.807, 2.05) is 0 Å². The van der Waals surface area contributed by atoms with Gasteiger partial charge in [-0.15, -0.1) is 0 Å². The molecule has 1 aliphatic heterocycles. The maximum atomic E-state index is 11.7. The molecule has 6 nitrogen and oxygen atoms in total. The molecule has 0 bridgehead atoms. The van der Waals surface area contributed by atoms with E-state index in [4.69, 9.17) is 0 Å². The SMILES string of the molecule is C=COC(=O)NCCCCCC(=O)N1CCC(O)C1. The van der Waals surface area contributed by atoms with E-state index in [2.05, 4.69) is 16.6 Å². The summed E-state index contributed by atoms with van der Waals surface area (Å²) in [7, 11) is 0. The van der Waals surface area contributed by atoms with Gasteiger partial charge in [0.1, 0.15) is 0 Å². The molecule has 2 N–H and O–H groups in total. The van der Waals surface area contributed by atoms with E-state index >= 15 is 0 Å². The van der Waals surface area contributed by atoms with Crippen molar-refractivity contribution in [2.45, 2.75) is 38.2 Å². The predicted octanol–water partition coefficient (Wildman–Crippen LogP) is 1.01. The largest absolute Gasteiger partial charge is 0.419 e. The number of hydrogen-bond acceptors (Lipinski definition) is 4. The Balaban J connectivity index is 1.97. The third-order valence-corrected chi connectivity index (χ3v) is 3.04. The van der Waals surface area contributed by atoms with Gasteiger partial charge in [0.15, 0.2) is 0 Å². The average Bonchev–Trinajstić information content (AvgIpc) is 2.80. The molecular weight excluding hydrogens is 248 g/mol. The van der Waals surface area contributed by atoms with Crippen LogP contribution in [0.4, 0.5) is 4.79 Å². The van der Waals surface area contributed by atoms with Gasteiger partial charge in [0.2, 0.25) is 5.91 Å². The number of nitrogens with one attached hydrogen (secondary N) is 1. The highest BCUT2D eigenvalue weighted by atomic mass is 16.5. The Bertz CT molecular complexity index is 320. The molecule has 0 radical (unpaired) electrons. The summed E-state index contributed by atoms with van der Waals surface area (Å²) in [5.41, 5.74) is 0. The highest BCUT2D eigenvalue weighted by molar-refractivity contribution is 5.76. The summed E-state index contributed by atoms with van der Waals surface area (Å²) in [6.45, 7) is 4.94. The molecule has 0 aromatic carbocycles. The summed E-state index contributed by atoms with van der Waals surface area (Å²) in [6, 6.07) is 0. The summed E-state index contributed by atoms with van der Waals surface area (Å²) < 4.78 is 4.49. The molecule has 0 aromatic heterocycles. The molecular formula is C13H22N2O4. The number of β-amino-alcohol motifs (C(OH)–C–C–N with tert-alkyl or cyclic N) is 1. The van der Waals surface area contributed by atoms with Crippen molar-refractivity contribution in [1.82, 2.24) is 10.2 Å². The van der Waals surface area contributed by atoms with E-state index in [-0.39, 0.29) is 12.0 Å². The van der Waals surface area contributed by atoms with Gasteiger partial charge in [-0.3, -0.25) is 4.79 Å². The lowest BCUT2D eigenvalue weighted by Gasteiger charge is -2.15. The second-order valence-electron chi connectivity index (χ2n) is 4.59. The Labute approximate surface area is 113 Å². The first-order valence-electron chi connectivity index (χ1n) is 6.64. The van der Waals surface area contributed by atoms with Crippen molar-refractivity contribution in [2.24, 2.45) is 0 Å². The number of aliphatic hydroxyl groups excluding tert-OH is 1. The van der Waals surface area contributed by atoms with Crippen LogP contribution in [0, 0.1) is 0 Å². The monoisotopic (exact) mass is 270 g/mol. The van der Waals surface area contributed by atoms with Crippen molar-refractivity contribution in [3.8, 4) is 0 Å². The fraction of sp³-hybridized carbons (Fsp3) is 0.692. The van der Waals surface area contributed by atoms with E-state index in [1.165, 1.54) is 0 Å². The normalized spacial score (nSPS) is 18.2. The molecule has 108 valence electrons. The van der Waals surface area contributed by atoms with E-state index in [0.717, 1.165) is 25.5 Å². The third kappa shape index (κ3) is 6.24. The van der Waals surface area contributed by atoms with Gasteiger partial charge < -0.3 is 20.1 Å². The fourth-order valence-corrected chi connectivity index (χ4v) is 2.01. The Morgan fingerprint density at radius 2 is 2.21 bits per heavy atom. The number of unbranched alkanes of at least 4 members (excludes halogenated alkanes) is 2. The van der Waals surface area contributed by atoms with Gasteiger partial charge in [-0.05, 0) is 19.3 Å². The maximum absolute atomic E-state index is 11.7. The van der Waals surface area contributed by atoms with E-state index in [1.54, 1.807) is 4.90 Å². The van der Waals surface area contributed by atoms with Crippen LogP contribution in [-0.4, -0.2) is 47.7 Å². The first kappa shape index (κ1) is 15.5. The van der Waals surface area contributed by atoms with E-state index < -0.39 is 6.09 Å². The van der Waals surface area contributed by atoms with Gasteiger partial charge >= 0.3 is 6.09 Å². The Morgan fingerprint density at radius 3 is 2.84 bits per heavy atom. The van der Waals surface area contributed by atoms with Gasteiger partial charge in [-0.2, -0.15) is 0 Å². The quantitative estimate of drug-likeness (QED) is 0.534. The number of aliphatic hydroxyl groups is 1. The van der Waals surface area contributed by atoms with Crippen LogP contribution in [0.25, 0.3) is 0 Å². The molecule has 1 rings (SSSR count). The standard InChI is InChI=1S/C13H22N2O4/c1-2-19-13(18)14-8-5-3-4-6-12(17)15-9-7-11(16)10-15/h2,11,16H,1,3-10H2,(H,14,18). The number of carbonyl (C=O) groups is 2. The smallest absolute Gasteiger partial charge is 0.411 e. The van der Waals surface area contributed by atoms with Crippen LogP contribution in [0.2, 0.25) is 0 Å². The lowest BCUT2D eigenvalue weighted by atomic mass is 10.2. The molecule has 1 atom stereocenters. The highest BCUT2D eigenvalue weighted by Gasteiger charge is 2.23. The second kappa shape index (κ2) is 8.53. The molecule has 19 heavy (non-hydrogen) atoms. The first-order chi connectivity index (χ1) is 9.13. The Kier molecular flexibility index (Phi) is 6.95. The summed E-state index contributed by atoms with van der Waals surface area (Å²) in [5, 5.41) is 11.9. The van der Waals surface area contributed by atoms with Crippen LogP contribution < -0.4 is 5.32 Å². The van der Waals surface area contributed by atoms with Gasteiger partial charge in [-0.1, -0.05) is 13.0 Å². The van der Waals surface area contributed by atoms with Crippen LogP contribution in [0.1, 0.15) is 32.1 Å². The molecule has 6 heteroatoms. The van der Waals surface area contributed by atoms with Gasteiger partial charge in [0.25, 0.3) is 0 Å². The van der Waals surface area contributed by atoms with Gasteiger partial charge in [0.05, 0.1) is 12.4 Å². The Hall–Kier alpha value is -1.56. The first-order valence-corrected chi connectivity index (χ1v) is 6.64. The Morgan fingerprint density at radius 1 is 1.42 bits per heavy atom. The molecule has 2 amide bonds. The lowest BCUT2D eigenvalue weighted by Crippen LogP contribution is -2.29. The molecule has 1 fully saturated rings. The maximum Gasteiger partial charge on any atom is 0.411 e. The minimum atomic E-state index is -0.503. The number of nitrogens with zero attached hydrogens (tertiary/aromatic N) is 1. The molecule has 0 spiro atoms. The zero-order valence-electron chi connectivity index (χ0n) is 11.1. The van der Waals surface area contributed by atoms with Crippen LogP contribution in [0.3, 0.4) is 0 Å². The molecule has 0 aromatic rings. The van der Waals surface area contributed by atoms with Crippen molar-refractivity contribution in [3.63, 3.8) is 0 Å². The third-order valence-electron chi connectivity index (χ3n) is 3.04. The molecule has 1 saturated heterocycles. The summed E-state index contributed by atoms with van der Waals surface area (Å²) >= 11 is 0. The summed E-state index contributed by atoms with van der Waals surface area (Å²) in [6.07, 6.45) is 3.88. The molecule has 1 unspecified atom stereocenters. The number of hydrogen-bond donors (Lipinski definition) is 2. The van der Waals surface area contributed by atoms with Crippen LogP contribution in [0.15, 0.2) is 12.8 Å². The molecule has 0 aliphatic carbocycles. The van der Waals surface area contributed by atoms with Crippen molar-refractivity contribution in [3.05, 3.63) is 12.8 Å². The fourth-order valence-electron chi connectivity index (χ4n) is 2.01. The number of amides is 2. The summed E-state index contributed by atoms with van der Waals surface area (Å²) in [5.74, 6) is 0.107. The van der Waals surface area contributed by atoms with Crippen LogP contribution in [0.5, 0.6) is 0 Å². The number of ether oxygens (including phenoxy) is 1. The van der Waals surface area contributed by atoms with E-state index in [9.17, 15) is 14.7 Å².